The Hall–Kier alpha value is -1.42. The van der Waals surface area contributed by atoms with E-state index in [9.17, 15) is 0 Å². The van der Waals surface area contributed by atoms with Crippen molar-refractivity contribution in [2.45, 2.75) is 38.2 Å². The Bertz CT molecular complexity index is 786. The number of hydrogen-bond acceptors (Lipinski definition) is 2. The number of rotatable bonds is 5. The van der Waals surface area contributed by atoms with Crippen molar-refractivity contribution < 1.29 is 9.84 Å². The van der Waals surface area contributed by atoms with E-state index in [1.165, 1.54) is 26.8 Å². The van der Waals surface area contributed by atoms with Gasteiger partial charge in [0.1, 0.15) is 0 Å². The minimum atomic E-state index is 0.0958. The first-order valence-electron chi connectivity index (χ1n) is 9.50. The maximum Gasteiger partial charge on any atom is 0.0701 e. The van der Waals surface area contributed by atoms with Crippen LogP contribution in [0.1, 0.15) is 31.2 Å². The van der Waals surface area contributed by atoms with Crippen LogP contribution in [0.25, 0.3) is 0 Å². The molecule has 3 aliphatic rings. The van der Waals surface area contributed by atoms with Crippen LogP contribution >= 0.6 is 15.9 Å². The van der Waals surface area contributed by atoms with Crippen molar-refractivity contribution in [3.05, 3.63) is 80.9 Å². The van der Waals surface area contributed by atoms with Crippen molar-refractivity contribution in [1.29, 1.82) is 0 Å². The summed E-state index contributed by atoms with van der Waals surface area (Å²) in [6.07, 6.45) is 12.3. The highest BCUT2D eigenvalue weighted by molar-refractivity contribution is 9.11. The first kappa shape index (κ1) is 18.0. The van der Waals surface area contributed by atoms with Crippen LogP contribution in [0.3, 0.4) is 0 Å². The lowest BCUT2D eigenvalue weighted by atomic mass is 9.69. The van der Waals surface area contributed by atoms with Gasteiger partial charge in [0.25, 0.3) is 0 Å². The van der Waals surface area contributed by atoms with Gasteiger partial charge in [-0.2, -0.15) is 0 Å². The number of hydrogen-bond donors (Lipinski definition) is 1. The predicted octanol–water partition coefficient (Wildman–Crippen LogP) is 5.25. The third-order valence-corrected chi connectivity index (χ3v) is 6.17. The van der Waals surface area contributed by atoms with E-state index in [1.807, 2.05) is 0 Å². The van der Waals surface area contributed by atoms with E-state index in [0.717, 1.165) is 32.1 Å². The normalized spacial score (nSPS) is 25.1. The summed E-state index contributed by atoms with van der Waals surface area (Å²) in [6.45, 7) is 0.529. The lowest BCUT2D eigenvalue weighted by Crippen LogP contribution is -2.30. The number of ether oxygens (including phenoxy) is 1. The Balaban J connectivity index is 1.67. The van der Waals surface area contributed by atoms with Gasteiger partial charge in [-0.25, -0.2) is 0 Å². The molecule has 1 fully saturated rings. The number of benzene rings is 1. The molecule has 2 atom stereocenters. The second kappa shape index (κ2) is 8.08. The smallest absolute Gasteiger partial charge is 0.0701 e. The Labute approximate surface area is 164 Å². The summed E-state index contributed by atoms with van der Waals surface area (Å²) < 4.78 is 7.16. The zero-order valence-electron chi connectivity index (χ0n) is 15.0. The summed E-state index contributed by atoms with van der Waals surface area (Å²) in [7, 11) is 0. The van der Waals surface area contributed by atoms with Crippen LogP contribution in [0, 0.1) is 5.92 Å². The van der Waals surface area contributed by atoms with E-state index in [4.69, 9.17) is 9.84 Å². The molecule has 0 aliphatic heterocycles. The topological polar surface area (TPSA) is 29.5 Å². The number of allylic oxidation sites excluding steroid dienone is 7. The lowest BCUT2D eigenvalue weighted by Gasteiger charge is -2.38. The fraction of sp³-hybridized carbons (Fsp3) is 0.391. The standard InChI is InChI=1S/C23H25BrO2/c24-20-8-9-22-17(13-20)6-7-18-14-21(26-11-10-25)15-19(23(18)22)12-16-4-2-1-3-5-16/h1-5,7-8,13,19,21,25H,6,9-12,14-15H2/t19-,21+/m0/s1. The molecule has 1 N–H and O–H groups in total. The van der Waals surface area contributed by atoms with E-state index < -0.39 is 0 Å². The predicted molar refractivity (Wildman–Crippen MR) is 109 cm³/mol. The number of aliphatic hydroxyl groups is 1. The molecule has 0 amide bonds. The van der Waals surface area contributed by atoms with Crippen molar-refractivity contribution in [2.75, 3.05) is 13.2 Å². The molecule has 2 nitrogen and oxygen atoms in total. The van der Waals surface area contributed by atoms with E-state index >= 15 is 0 Å². The SMILES string of the molecule is OCCO[C@@H]1CC2=CCC3=CC(Br)=CCC3=C2[C@@H](Cc2ccccc2)C1. The molecule has 1 aromatic rings. The maximum atomic E-state index is 9.14. The summed E-state index contributed by atoms with van der Waals surface area (Å²) in [6, 6.07) is 10.8. The van der Waals surface area contributed by atoms with Gasteiger partial charge in [-0.05, 0) is 72.0 Å². The number of halogens is 1. The molecule has 136 valence electrons. The third-order valence-electron chi connectivity index (χ3n) is 5.61. The molecule has 4 rings (SSSR count). The molecule has 1 aromatic carbocycles. The summed E-state index contributed by atoms with van der Waals surface area (Å²) in [4.78, 5) is 0. The molecule has 1 saturated carbocycles. The highest BCUT2D eigenvalue weighted by Crippen LogP contribution is 2.46. The maximum absolute atomic E-state index is 9.14. The molecular formula is C23H25BrO2. The average molecular weight is 413 g/mol. The van der Waals surface area contributed by atoms with Gasteiger partial charge in [0.2, 0.25) is 0 Å². The van der Waals surface area contributed by atoms with Gasteiger partial charge in [-0.15, -0.1) is 0 Å². The molecule has 0 aromatic heterocycles. The molecule has 0 saturated heterocycles. The minimum absolute atomic E-state index is 0.0958. The Morgan fingerprint density at radius 1 is 1.08 bits per heavy atom. The molecule has 0 radical (unpaired) electrons. The lowest BCUT2D eigenvalue weighted by molar-refractivity contribution is 0.0129. The van der Waals surface area contributed by atoms with Gasteiger partial charge in [0.05, 0.1) is 19.3 Å². The fourth-order valence-corrected chi connectivity index (χ4v) is 4.98. The molecule has 0 unspecified atom stereocenters. The third kappa shape index (κ3) is 3.80. The Morgan fingerprint density at radius 3 is 2.73 bits per heavy atom. The largest absolute Gasteiger partial charge is 0.394 e. The molecule has 0 heterocycles. The van der Waals surface area contributed by atoms with E-state index in [0.29, 0.717) is 12.5 Å². The molecule has 3 heteroatoms. The summed E-state index contributed by atoms with van der Waals surface area (Å²) in [5.41, 5.74) is 7.42. The number of fused-ring (bicyclic) bond motifs is 2. The Kier molecular flexibility index (Phi) is 5.58. The highest BCUT2D eigenvalue weighted by Gasteiger charge is 2.34. The first-order valence-corrected chi connectivity index (χ1v) is 10.3. The fourth-order valence-electron chi connectivity index (χ4n) is 4.54. The van der Waals surface area contributed by atoms with Crippen molar-refractivity contribution in [3.63, 3.8) is 0 Å². The quantitative estimate of drug-likeness (QED) is 0.714. The molecule has 0 bridgehead atoms. The van der Waals surface area contributed by atoms with E-state index in [2.05, 4.69) is 64.5 Å². The van der Waals surface area contributed by atoms with Crippen LogP contribution in [0.4, 0.5) is 0 Å². The zero-order valence-corrected chi connectivity index (χ0v) is 16.5. The molecule has 3 aliphatic carbocycles. The average Bonchev–Trinajstić information content (AvgIpc) is 2.66. The minimum Gasteiger partial charge on any atom is -0.394 e. The van der Waals surface area contributed by atoms with Crippen LogP contribution in [0.15, 0.2) is 75.3 Å². The van der Waals surface area contributed by atoms with Gasteiger partial charge >= 0.3 is 0 Å². The van der Waals surface area contributed by atoms with E-state index in [-0.39, 0.29) is 12.7 Å². The highest BCUT2D eigenvalue weighted by atomic mass is 79.9. The van der Waals surface area contributed by atoms with Crippen LogP contribution in [0.2, 0.25) is 0 Å². The monoisotopic (exact) mass is 412 g/mol. The second-order valence-corrected chi connectivity index (χ2v) is 8.25. The second-order valence-electron chi connectivity index (χ2n) is 7.33. The Morgan fingerprint density at radius 2 is 1.92 bits per heavy atom. The molecule has 0 spiro atoms. The van der Waals surface area contributed by atoms with Crippen molar-refractivity contribution in [2.24, 2.45) is 5.92 Å². The van der Waals surface area contributed by atoms with Crippen LogP contribution in [0.5, 0.6) is 0 Å². The van der Waals surface area contributed by atoms with Crippen LogP contribution < -0.4 is 0 Å². The van der Waals surface area contributed by atoms with Gasteiger partial charge in [-0.1, -0.05) is 58.4 Å². The summed E-state index contributed by atoms with van der Waals surface area (Å²) >= 11 is 3.64. The van der Waals surface area contributed by atoms with Gasteiger partial charge < -0.3 is 9.84 Å². The van der Waals surface area contributed by atoms with Crippen molar-refractivity contribution in [3.8, 4) is 0 Å². The number of aliphatic hydroxyl groups excluding tert-OH is 1. The molecule has 26 heavy (non-hydrogen) atoms. The van der Waals surface area contributed by atoms with Crippen LogP contribution in [-0.4, -0.2) is 24.4 Å². The van der Waals surface area contributed by atoms with Gasteiger partial charge in [-0.3, -0.25) is 0 Å². The summed E-state index contributed by atoms with van der Waals surface area (Å²) in [5.74, 6) is 0.477. The molecular weight excluding hydrogens is 388 g/mol. The summed E-state index contributed by atoms with van der Waals surface area (Å²) in [5, 5.41) is 9.14. The first-order chi connectivity index (χ1) is 12.7. The van der Waals surface area contributed by atoms with Crippen LogP contribution in [-0.2, 0) is 11.2 Å². The zero-order chi connectivity index (χ0) is 17.9. The van der Waals surface area contributed by atoms with Gasteiger partial charge in [0, 0.05) is 4.48 Å². The van der Waals surface area contributed by atoms with E-state index in [1.54, 1.807) is 5.57 Å². The van der Waals surface area contributed by atoms with Gasteiger partial charge in [0.15, 0.2) is 0 Å². The van der Waals surface area contributed by atoms with Crippen molar-refractivity contribution >= 4 is 15.9 Å². The van der Waals surface area contributed by atoms with Crippen molar-refractivity contribution in [1.82, 2.24) is 0 Å².